The van der Waals surface area contributed by atoms with Crippen LogP contribution in [0.1, 0.15) is 12.8 Å². The lowest BCUT2D eigenvalue weighted by Gasteiger charge is -2.28. The van der Waals surface area contributed by atoms with Crippen molar-refractivity contribution in [3.8, 4) is 0 Å². The first-order chi connectivity index (χ1) is 6.86. The third-order valence-electron chi connectivity index (χ3n) is 2.67. The van der Waals surface area contributed by atoms with Crippen molar-refractivity contribution in [2.45, 2.75) is 12.8 Å². The fraction of sp³-hybridized carbons (Fsp3) is 0.889. The maximum atomic E-state index is 11.1. The van der Waals surface area contributed by atoms with Crippen molar-refractivity contribution < 1.29 is 9.53 Å². The monoisotopic (exact) mass is 199 g/mol. The van der Waals surface area contributed by atoms with E-state index < -0.39 is 0 Å². The number of nitrogens with zero attached hydrogens (tertiary/aromatic N) is 2. The Morgan fingerprint density at radius 3 is 2.86 bits per heavy atom. The molecule has 0 saturated carbocycles. The third kappa shape index (κ3) is 2.36. The van der Waals surface area contributed by atoms with Crippen molar-refractivity contribution >= 4 is 6.09 Å². The number of rotatable bonds is 3. The van der Waals surface area contributed by atoms with Gasteiger partial charge in [-0.3, -0.25) is 5.43 Å². The van der Waals surface area contributed by atoms with E-state index in [1.54, 1.807) is 4.90 Å². The van der Waals surface area contributed by atoms with Crippen molar-refractivity contribution in [3.63, 3.8) is 0 Å². The van der Waals surface area contributed by atoms with Crippen LogP contribution >= 0.6 is 0 Å². The summed E-state index contributed by atoms with van der Waals surface area (Å²) < 4.78 is 4.85. The molecule has 5 heteroatoms. The van der Waals surface area contributed by atoms with Gasteiger partial charge < -0.3 is 9.64 Å². The minimum Gasteiger partial charge on any atom is -0.448 e. The number of cyclic esters (lactones) is 1. The minimum absolute atomic E-state index is 0.165. The first-order valence-corrected chi connectivity index (χ1v) is 5.26. The number of hydrogen-bond donors (Lipinski definition) is 1. The lowest BCUT2D eigenvalue weighted by atomic mass is 10.2. The van der Waals surface area contributed by atoms with Gasteiger partial charge >= 0.3 is 6.09 Å². The van der Waals surface area contributed by atoms with Crippen LogP contribution in [-0.2, 0) is 4.74 Å². The highest BCUT2D eigenvalue weighted by atomic mass is 16.6. The predicted octanol–water partition coefficient (Wildman–Crippen LogP) is 0.0390. The molecule has 80 valence electrons. The Morgan fingerprint density at radius 2 is 2.21 bits per heavy atom. The van der Waals surface area contributed by atoms with E-state index in [9.17, 15) is 4.79 Å². The molecule has 0 radical (unpaired) electrons. The van der Waals surface area contributed by atoms with Gasteiger partial charge in [0.15, 0.2) is 0 Å². The van der Waals surface area contributed by atoms with Crippen molar-refractivity contribution in [2.24, 2.45) is 0 Å². The van der Waals surface area contributed by atoms with E-state index in [-0.39, 0.29) is 6.09 Å². The second-order valence-electron chi connectivity index (χ2n) is 3.70. The van der Waals surface area contributed by atoms with Crippen LogP contribution in [0.15, 0.2) is 0 Å². The Kier molecular flexibility index (Phi) is 3.21. The highest BCUT2D eigenvalue weighted by Gasteiger charge is 2.22. The van der Waals surface area contributed by atoms with E-state index in [1.165, 1.54) is 12.8 Å². The van der Waals surface area contributed by atoms with Crippen LogP contribution in [0.5, 0.6) is 0 Å². The Labute approximate surface area is 84.0 Å². The van der Waals surface area contributed by atoms with Crippen molar-refractivity contribution in [2.75, 3.05) is 39.3 Å². The molecule has 2 rings (SSSR count). The van der Waals surface area contributed by atoms with Gasteiger partial charge in [0.25, 0.3) is 0 Å². The predicted molar refractivity (Wildman–Crippen MR) is 51.7 cm³/mol. The molecule has 2 aliphatic heterocycles. The zero-order chi connectivity index (χ0) is 9.80. The summed E-state index contributed by atoms with van der Waals surface area (Å²) in [7, 11) is 0. The summed E-state index contributed by atoms with van der Waals surface area (Å²) in [5.41, 5.74) is 3.31. The van der Waals surface area contributed by atoms with Crippen LogP contribution in [0, 0.1) is 0 Å². The molecule has 0 bridgehead atoms. The zero-order valence-electron chi connectivity index (χ0n) is 8.37. The van der Waals surface area contributed by atoms with Crippen LogP contribution < -0.4 is 5.43 Å². The van der Waals surface area contributed by atoms with Gasteiger partial charge in [0.1, 0.15) is 6.61 Å². The first-order valence-electron chi connectivity index (χ1n) is 5.26. The summed E-state index contributed by atoms with van der Waals surface area (Å²) in [6.45, 7) is 5.10. The van der Waals surface area contributed by atoms with Crippen molar-refractivity contribution in [1.82, 2.24) is 15.3 Å². The smallest absolute Gasteiger partial charge is 0.409 e. The third-order valence-corrected chi connectivity index (χ3v) is 2.67. The second-order valence-corrected chi connectivity index (χ2v) is 3.70. The number of hydrazine groups is 1. The number of nitrogens with one attached hydrogen (secondary N) is 1. The maximum absolute atomic E-state index is 11.1. The molecule has 1 amide bonds. The van der Waals surface area contributed by atoms with Gasteiger partial charge in [0, 0.05) is 26.2 Å². The summed E-state index contributed by atoms with van der Waals surface area (Å²) >= 11 is 0. The van der Waals surface area contributed by atoms with E-state index in [2.05, 4.69) is 10.4 Å². The van der Waals surface area contributed by atoms with Gasteiger partial charge in [-0.1, -0.05) is 0 Å². The van der Waals surface area contributed by atoms with Crippen molar-refractivity contribution in [3.05, 3.63) is 0 Å². The molecule has 0 aromatic carbocycles. The molecular weight excluding hydrogens is 182 g/mol. The molecule has 2 fully saturated rings. The number of carbonyl (C=O) groups excluding carboxylic acids is 1. The first kappa shape index (κ1) is 9.73. The van der Waals surface area contributed by atoms with Gasteiger partial charge in [0.2, 0.25) is 0 Å². The fourth-order valence-electron chi connectivity index (χ4n) is 1.80. The molecule has 14 heavy (non-hydrogen) atoms. The Balaban J connectivity index is 1.68. The van der Waals surface area contributed by atoms with Crippen LogP contribution in [0.3, 0.4) is 0 Å². The number of carbonyl (C=O) groups is 1. The zero-order valence-corrected chi connectivity index (χ0v) is 8.37. The summed E-state index contributed by atoms with van der Waals surface area (Å²) in [5, 5.41) is 2.19. The van der Waals surface area contributed by atoms with Gasteiger partial charge in [-0.25, -0.2) is 9.80 Å². The molecule has 0 aromatic rings. The quantitative estimate of drug-likeness (QED) is 0.697. The summed E-state index contributed by atoms with van der Waals surface area (Å²) in [5.74, 6) is 0. The largest absolute Gasteiger partial charge is 0.448 e. The SMILES string of the molecule is O=C1OCCN1CCN1CCCCN1. The summed E-state index contributed by atoms with van der Waals surface area (Å²) in [4.78, 5) is 12.9. The molecule has 0 aliphatic carbocycles. The normalized spacial score (nSPS) is 24.0. The van der Waals surface area contributed by atoms with Crippen LogP contribution in [-0.4, -0.2) is 55.3 Å². The molecule has 0 unspecified atom stereocenters. The number of ether oxygens (including phenoxy) is 1. The van der Waals surface area contributed by atoms with Gasteiger partial charge in [0.05, 0.1) is 6.54 Å². The van der Waals surface area contributed by atoms with Gasteiger partial charge in [-0.2, -0.15) is 0 Å². The lowest BCUT2D eigenvalue weighted by molar-refractivity contribution is 0.128. The Hall–Kier alpha value is -0.810. The molecule has 2 heterocycles. The molecule has 2 saturated heterocycles. The molecule has 2 aliphatic rings. The molecule has 5 nitrogen and oxygen atoms in total. The highest BCUT2D eigenvalue weighted by molar-refractivity contribution is 5.69. The Morgan fingerprint density at radius 1 is 1.29 bits per heavy atom. The second kappa shape index (κ2) is 4.61. The minimum atomic E-state index is -0.165. The van der Waals surface area contributed by atoms with E-state index in [4.69, 9.17) is 4.74 Å². The Bertz CT molecular complexity index is 204. The summed E-state index contributed by atoms with van der Waals surface area (Å²) in [6, 6.07) is 0. The molecular formula is C9H17N3O2. The van der Waals surface area contributed by atoms with Gasteiger partial charge in [-0.15, -0.1) is 0 Å². The van der Waals surface area contributed by atoms with E-state index in [0.29, 0.717) is 6.61 Å². The van der Waals surface area contributed by atoms with E-state index >= 15 is 0 Å². The molecule has 0 atom stereocenters. The topological polar surface area (TPSA) is 44.8 Å². The van der Waals surface area contributed by atoms with Crippen LogP contribution in [0.25, 0.3) is 0 Å². The van der Waals surface area contributed by atoms with Crippen LogP contribution in [0.4, 0.5) is 4.79 Å². The fourth-order valence-corrected chi connectivity index (χ4v) is 1.80. The lowest BCUT2D eigenvalue weighted by Crippen LogP contribution is -2.46. The molecule has 0 spiro atoms. The van der Waals surface area contributed by atoms with Gasteiger partial charge in [-0.05, 0) is 12.8 Å². The summed E-state index contributed by atoms with van der Waals surface area (Å²) in [6.07, 6.45) is 2.33. The number of hydrogen-bond acceptors (Lipinski definition) is 4. The van der Waals surface area contributed by atoms with E-state index in [0.717, 1.165) is 32.7 Å². The van der Waals surface area contributed by atoms with Crippen LogP contribution in [0.2, 0.25) is 0 Å². The average molecular weight is 199 g/mol. The number of amides is 1. The highest BCUT2D eigenvalue weighted by Crippen LogP contribution is 2.04. The van der Waals surface area contributed by atoms with E-state index in [1.807, 2.05) is 0 Å². The molecule has 1 N–H and O–H groups in total. The molecule has 0 aromatic heterocycles. The average Bonchev–Trinajstić information content (AvgIpc) is 2.63. The standard InChI is InChI=1S/C9H17N3O2/c13-9-11(7-8-14-9)5-6-12-4-2-1-3-10-12/h10H,1-8H2. The van der Waals surface area contributed by atoms with Crippen molar-refractivity contribution in [1.29, 1.82) is 0 Å². The maximum Gasteiger partial charge on any atom is 0.409 e.